The fourth-order valence-corrected chi connectivity index (χ4v) is 4.02. The standard InChI is InChI=1S/C18H24N4O2S/c1-12-8-9-16(25-12)15-10-14(19)18(24)22(21-15)11-17(23)20-13-6-4-2-3-5-7-13/h8-10,13H,2-7,11,19H2,1H3,(H,20,23). The van der Waals surface area contributed by atoms with Crippen LogP contribution < -0.4 is 16.6 Å². The van der Waals surface area contributed by atoms with Gasteiger partial charge in [-0.05, 0) is 38.0 Å². The van der Waals surface area contributed by atoms with Gasteiger partial charge in [0.1, 0.15) is 17.9 Å². The monoisotopic (exact) mass is 360 g/mol. The van der Waals surface area contributed by atoms with Gasteiger partial charge in [-0.3, -0.25) is 9.59 Å². The third-order valence-electron chi connectivity index (χ3n) is 4.51. The Hall–Kier alpha value is -2.15. The van der Waals surface area contributed by atoms with Gasteiger partial charge in [0.25, 0.3) is 5.56 Å². The van der Waals surface area contributed by atoms with Gasteiger partial charge < -0.3 is 11.1 Å². The van der Waals surface area contributed by atoms with Crippen molar-refractivity contribution in [3.05, 3.63) is 33.4 Å². The highest BCUT2D eigenvalue weighted by molar-refractivity contribution is 7.15. The van der Waals surface area contributed by atoms with Gasteiger partial charge in [0.2, 0.25) is 5.91 Å². The molecule has 1 aliphatic carbocycles. The first kappa shape index (κ1) is 17.7. The largest absolute Gasteiger partial charge is 0.394 e. The summed E-state index contributed by atoms with van der Waals surface area (Å²) >= 11 is 1.58. The van der Waals surface area contributed by atoms with Crippen molar-refractivity contribution in [1.82, 2.24) is 15.1 Å². The van der Waals surface area contributed by atoms with Crippen molar-refractivity contribution in [3.63, 3.8) is 0 Å². The quantitative estimate of drug-likeness (QED) is 0.820. The molecule has 6 nitrogen and oxygen atoms in total. The van der Waals surface area contributed by atoms with Crippen LogP contribution in [0.15, 0.2) is 23.0 Å². The van der Waals surface area contributed by atoms with E-state index in [4.69, 9.17) is 5.73 Å². The van der Waals surface area contributed by atoms with Crippen molar-refractivity contribution in [2.45, 2.75) is 58.0 Å². The van der Waals surface area contributed by atoms with Crippen LogP contribution in [-0.2, 0) is 11.3 Å². The van der Waals surface area contributed by atoms with Gasteiger partial charge in [-0.25, -0.2) is 4.68 Å². The number of amides is 1. The van der Waals surface area contributed by atoms with E-state index >= 15 is 0 Å². The molecule has 7 heteroatoms. The molecule has 0 spiro atoms. The van der Waals surface area contributed by atoms with E-state index in [0.29, 0.717) is 5.69 Å². The average molecular weight is 360 g/mol. The van der Waals surface area contributed by atoms with Gasteiger partial charge in [-0.15, -0.1) is 11.3 Å². The number of thiophene rings is 1. The minimum absolute atomic E-state index is 0.0995. The van der Waals surface area contributed by atoms with Gasteiger partial charge in [-0.2, -0.15) is 5.10 Å². The van der Waals surface area contributed by atoms with E-state index in [0.717, 1.165) is 35.4 Å². The number of nitrogen functional groups attached to an aromatic ring is 1. The number of carbonyl (C=O) groups is 1. The molecule has 134 valence electrons. The van der Waals surface area contributed by atoms with E-state index in [2.05, 4.69) is 10.4 Å². The Kier molecular flexibility index (Phi) is 5.53. The fraction of sp³-hybridized carbons (Fsp3) is 0.500. The van der Waals surface area contributed by atoms with Crippen LogP contribution in [-0.4, -0.2) is 21.7 Å². The second-order valence-electron chi connectivity index (χ2n) is 6.61. The molecule has 2 aromatic rings. The Balaban J connectivity index is 1.75. The lowest BCUT2D eigenvalue weighted by Crippen LogP contribution is -2.39. The molecular formula is C18H24N4O2S. The van der Waals surface area contributed by atoms with Gasteiger partial charge in [0.15, 0.2) is 0 Å². The molecule has 1 amide bonds. The zero-order valence-electron chi connectivity index (χ0n) is 14.5. The first-order chi connectivity index (χ1) is 12.0. The van der Waals surface area contributed by atoms with Crippen molar-refractivity contribution in [3.8, 4) is 10.6 Å². The van der Waals surface area contributed by atoms with Gasteiger partial charge in [0.05, 0.1) is 4.88 Å². The summed E-state index contributed by atoms with van der Waals surface area (Å²) in [4.78, 5) is 26.7. The summed E-state index contributed by atoms with van der Waals surface area (Å²) in [6, 6.07) is 5.72. The molecule has 2 aromatic heterocycles. The molecule has 2 heterocycles. The number of carbonyl (C=O) groups excluding carboxylic acids is 1. The lowest BCUT2D eigenvalue weighted by atomic mass is 10.1. The van der Waals surface area contributed by atoms with Crippen molar-refractivity contribution in [2.24, 2.45) is 0 Å². The van der Waals surface area contributed by atoms with E-state index in [9.17, 15) is 9.59 Å². The lowest BCUT2D eigenvalue weighted by molar-refractivity contribution is -0.122. The highest BCUT2D eigenvalue weighted by Gasteiger charge is 2.17. The Morgan fingerprint density at radius 2 is 2.04 bits per heavy atom. The van der Waals surface area contributed by atoms with E-state index < -0.39 is 5.56 Å². The first-order valence-corrected chi connectivity index (χ1v) is 9.58. The smallest absolute Gasteiger partial charge is 0.290 e. The summed E-state index contributed by atoms with van der Waals surface area (Å²) in [5, 5.41) is 7.38. The summed E-state index contributed by atoms with van der Waals surface area (Å²) < 4.78 is 1.17. The number of rotatable bonds is 4. The molecule has 1 fully saturated rings. The minimum Gasteiger partial charge on any atom is -0.394 e. The van der Waals surface area contributed by atoms with E-state index in [1.165, 1.54) is 17.5 Å². The van der Waals surface area contributed by atoms with E-state index in [1.54, 1.807) is 17.4 Å². The third-order valence-corrected chi connectivity index (χ3v) is 5.53. The molecule has 0 aromatic carbocycles. The summed E-state index contributed by atoms with van der Waals surface area (Å²) in [7, 11) is 0. The van der Waals surface area contributed by atoms with E-state index in [-0.39, 0.29) is 24.2 Å². The van der Waals surface area contributed by atoms with Crippen LogP contribution >= 0.6 is 11.3 Å². The maximum Gasteiger partial charge on any atom is 0.290 e. The maximum atomic E-state index is 12.4. The molecule has 0 bridgehead atoms. The van der Waals surface area contributed by atoms with Crippen LogP contribution in [0.25, 0.3) is 10.6 Å². The van der Waals surface area contributed by atoms with E-state index in [1.807, 2.05) is 19.1 Å². The normalized spacial score (nSPS) is 15.7. The zero-order valence-corrected chi connectivity index (χ0v) is 15.3. The number of aromatic nitrogens is 2. The second-order valence-corrected chi connectivity index (χ2v) is 7.90. The summed E-state index contributed by atoms with van der Waals surface area (Å²) in [5.41, 5.74) is 6.15. The number of nitrogens with one attached hydrogen (secondary N) is 1. The van der Waals surface area contributed by atoms with Gasteiger partial charge >= 0.3 is 0 Å². The molecule has 1 saturated carbocycles. The molecule has 0 saturated heterocycles. The summed E-state index contributed by atoms with van der Waals surface area (Å²) in [5.74, 6) is -0.180. The van der Waals surface area contributed by atoms with Crippen LogP contribution in [0.5, 0.6) is 0 Å². The van der Waals surface area contributed by atoms with Crippen LogP contribution in [0.4, 0.5) is 5.69 Å². The fourth-order valence-electron chi connectivity index (χ4n) is 3.20. The highest BCUT2D eigenvalue weighted by Crippen LogP contribution is 2.26. The number of aryl methyl sites for hydroxylation is 1. The molecule has 0 atom stereocenters. The topological polar surface area (TPSA) is 90.0 Å². The lowest BCUT2D eigenvalue weighted by Gasteiger charge is -2.16. The second kappa shape index (κ2) is 7.82. The Morgan fingerprint density at radius 3 is 2.68 bits per heavy atom. The van der Waals surface area contributed by atoms with Crippen LogP contribution in [0.1, 0.15) is 43.4 Å². The maximum absolute atomic E-state index is 12.4. The first-order valence-electron chi connectivity index (χ1n) is 8.77. The van der Waals surface area contributed by atoms with Crippen molar-refractivity contribution in [2.75, 3.05) is 5.73 Å². The number of hydrogen-bond donors (Lipinski definition) is 2. The Morgan fingerprint density at radius 1 is 1.32 bits per heavy atom. The SMILES string of the molecule is Cc1ccc(-c2cc(N)c(=O)n(CC(=O)NC3CCCCCC3)n2)s1. The molecule has 1 aliphatic rings. The molecule has 3 N–H and O–H groups in total. The third kappa shape index (κ3) is 4.48. The number of anilines is 1. The molecule has 25 heavy (non-hydrogen) atoms. The molecule has 3 rings (SSSR count). The highest BCUT2D eigenvalue weighted by atomic mass is 32.1. The summed E-state index contributed by atoms with van der Waals surface area (Å²) in [6.07, 6.45) is 6.75. The molecule has 0 radical (unpaired) electrons. The number of nitrogens with zero attached hydrogens (tertiary/aromatic N) is 2. The number of hydrogen-bond acceptors (Lipinski definition) is 5. The van der Waals surface area contributed by atoms with Crippen molar-refractivity contribution >= 4 is 22.9 Å². The molecule has 0 aliphatic heterocycles. The predicted octanol–water partition coefficient (Wildman–Crippen LogP) is 2.70. The Bertz CT molecular complexity index is 804. The van der Waals surface area contributed by atoms with Crippen LogP contribution in [0.3, 0.4) is 0 Å². The van der Waals surface area contributed by atoms with Crippen molar-refractivity contribution < 1.29 is 4.79 Å². The van der Waals surface area contributed by atoms with Crippen LogP contribution in [0.2, 0.25) is 0 Å². The number of nitrogens with two attached hydrogens (primary N) is 1. The Labute approximate surface area is 151 Å². The van der Waals surface area contributed by atoms with Crippen LogP contribution in [0, 0.1) is 6.92 Å². The van der Waals surface area contributed by atoms with Gasteiger partial charge in [-0.1, -0.05) is 25.7 Å². The molecular weight excluding hydrogens is 336 g/mol. The predicted molar refractivity (Wildman–Crippen MR) is 101 cm³/mol. The zero-order chi connectivity index (χ0) is 17.8. The van der Waals surface area contributed by atoms with Crippen molar-refractivity contribution in [1.29, 1.82) is 0 Å². The summed E-state index contributed by atoms with van der Waals surface area (Å²) in [6.45, 7) is 1.91. The minimum atomic E-state index is -0.423. The average Bonchev–Trinajstić information content (AvgIpc) is 2.84. The van der Waals surface area contributed by atoms with Gasteiger partial charge in [0, 0.05) is 10.9 Å². The molecule has 0 unspecified atom stereocenters.